The summed E-state index contributed by atoms with van der Waals surface area (Å²) in [4.78, 5) is 5.11. The van der Waals surface area contributed by atoms with Crippen LogP contribution >= 0.6 is 0 Å². The molecule has 5 aromatic carbocycles. The van der Waals surface area contributed by atoms with Gasteiger partial charge in [0.25, 0.3) is 0 Å². The van der Waals surface area contributed by atoms with Crippen LogP contribution in [0.2, 0.25) is 0 Å². The predicted molar refractivity (Wildman–Crippen MR) is 166 cm³/mol. The highest BCUT2D eigenvalue weighted by Gasteiger charge is 2.17. The first-order chi connectivity index (χ1) is 19.8. The van der Waals surface area contributed by atoms with Crippen molar-refractivity contribution in [3.8, 4) is 33.9 Å². The minimum absolute atomic E-state index is 0.958. The van der Waals surface area contributed by atoms with Gasteiger partial charge >= 0.3 is 0 Å². The molecule has 3 aromatic heterocycles. The maximum absolute atomic E-state index is 5.11. The third kappa shape index (κ3) is 3.63. The molecule has 0 radical (unpaired) electrons. The molecule has 0 aliphatic rings. The summed E-state index contributed by atoms with van der Waals surface area (Å²) in [6.07, 6.45) is 2.17. The molecule has 8 aromatic rings. The van der Waals surface area contributed by atoms with Crippen LogP contribution in [0.5, 0.6) is 0 Å². The van der Waals surface area contributed by atoms with Gasteiger partial charge in [-0.15, -0.1) is 0 Å². The smallest absolute Gasteiger partial charge is 0.0730 e. The van der Waals surface area contributed by atoms with Gasteiger partial charge in [-0.1, -0.05) is 97.1 Å². The van der Waals surface area contributed by atoms with E-state index in [1.54, 1.807) is 0 Å². The SMILES string of the molecule is c1ccc(-c2cc(-n3c4ccccc4c4cc5c(ccn5-c5ccccc5)cc43)cc(-c3ccccc3)n2)cc1. The summed E-state index contributed by atoms with van der Waals surface area (Å²) >= 11 is 0. The number of fused-ring (bicyclic) bond motifs is 4. The van der Waals surface area contributed by atoms with E-state index in [0.717, 1.165) is 33.9 Å². The van der Waals surface area contributed by atoms with Crippen molar-refractivity contribution in [1.29, 1.82) is 0 Å². The van der Waals surface area contributed by atoms with E-state index in [1.165, 1.54) is 32.7 Å². The van der Waals surface area contributed by atoms with Gasteiger partial charge in [-0.25, -0.2) is 4.98 Å². The van der Waals surface area contributed by atoms with E-state index in [-0.39, 0.29) is 0 Å². The summed E-state index contributed by atoms with van der Waals surface area (Å²) in [5.74, 6) is 0. The molecule has 3 heterocycles. The predicted octanol–water partition coefficient (Wildman–Crippen LogP) is 9.46. The molecule has 0 amide bonds. The molecular weight excluding hydrogens is 486 g/mol. The lowest BCUT2D eigenvalue weighted by atomic mass is 10.1. The summed E-state index contributed by atoms with van der Waals surface area (Å²) in [5.41, 5.74) is 9.94. The van der Waals surface area contributed by atoms with E-state index in [1.807, 2.05) is 12.1 Å². The highest BCUT2D eigenvalue weighted by Crippen LogP contribution is 2.37. The number of rotatable bonds is 4. The summed E-state index contributed by atoms with van der Waals surface area (Å²) in [7, 11) is 0. The largest absolute Gasteiger partial charge is 0.317 e. The molecule has 0 N–H and O–H groups in total. The summed E-state index contributed by atoms with van der Waals surface area (Å²) < 4.78 is 4.67. The first-order valence-corrected chi connectivity index (χ1v) is 13.6. The Balaban J connectivity index is 1.43. The van der Waals surface area contributed by atoms with Crippen LogP contribution in [0, 0.1) is 0 Å². The van der Waals surface area contributed by atoms with Crippen molar-refractivity contribution in [3.63, 3.8) is 0 Å². The second-order valence-electron chi connectivity index (χ2n) is 10.1. The Hall–Kier alpha value is -5.41. The van der Waals surface area contributed by atoms with Gasteiger partial charge < -0.3 is 9.13 Å². The van der Waals surface area contributed by atoms with Gasteiger partial charge in [0.05, 0.1) is 33.6 Å². The molecular formula is C37H25N3. The van der Waals surface area contributed by atoms with E-state index >= 15 is 0 Å². The van der Waals surface area contributed by atoms with Crippen LogP contribution in [-0.2, 0) is 0 Å². The Kier molecular flexibility index (Phi) is 5.14. The zero-order valence-corrected chi connectivity index (χ0v) is 21.8. The molecule has 188 valence electrons. The molecule has 0 unspecified atom stereocenters. The molecule has 0 fully saturated rings. The van der Waals surface area contributed by atoms with Crippen LogP contribution < -0.4 is 0 Å². The normalized spacial score (nSPS) is 11.5. The lowest BCUT2D eigenvalue weighted by molar-refractivity contribution is 1.13. The fourth-order valence-corrected chi connectivity index (χ4v) is 5.85. The van der Waals surface area contributed by atoms with Crippen molar-refractivity contribution in [2.24, 2.45) is 0 Å². The molecule has 0 spiro atoms. The first kappa shape index (κ1) is 22.6. The highest BCUT2D eigenvalue weighted by atomic mass is 15.0. The Morgan fingerprint density at radius 3 is 1.70 bits per heavy atom. The van der Waals surface area contributed by atoms with E-state index in [0.29, 0.717) is 0 Å². The molecule has 8 rings (SSSR count). The van der Waals surface area contributed by atoms with Crippen LogP contribution in [-0.4, -0.2) is 14.1 Å². The zero-order chi connectivity index (χ0) is 26.5. The Bertz CT molecular complexity index is 2080. The van der Waals surface area contributed by atoms with Crippen LogP contribution in [0.15, 0.2) is 152 Å². The molecule has 3 nitrogen and oxygen atoms in total. The maximum atomic E-state index is 5.11. The van der Waals surface area contributed by atoms with Gasteiger partial charge in [0.2, 0.25) is 0 Å². The van der Waals surface area contributed by atoms with Gasteiger partial charge in [-0.2, -0.15) is 0 Å². The van der Waals surface area contributed by atoms with Gasteiger partial charge in [0.1, 0.15) is 0 Å². The number of hydrogen-bond donors (Lipinski definition) is 0. The van der Waals surface area contributed by atoms with Crippen molar-refractivity contribution in [2.45, 2.75) is 0 Å². The van der Waals surface area contributed by atoms with E-state index in [4.69, 9.17) is 4.98 Å². The third-order valence-electron chi connectivity index (χ3n) is 7.73. The molecule has 0 bridgehead atoms. The van der Waals surface area contributed by atoms with Crippen molar-refractivity contribution >= 4 is 32.7 Å². The topological polar surface area (TPSA) is 22.8 Å². The second-order valence-corrected chi connectivity index (χ2v) is 10.1. The number of hydrogen-bond acceptors (Lipinski definition) is 1. The number of aromatic nitrogens is 3. The molecule has 0 atom stereocenters. The van der Waals surface area contributed by atoms with Gasteiger partial charge in [-0.3, -0.25) is 0 Å². The monoisotopic (exact) mass is 511 g/mol. The van der Waals surface area contributed by atoms with Gasteiger partial charge in [0, 0.05) is 39.2 Å². The molecule has 0 saturated heterocycles. The molecule has 0 aliphatic carbocycles. The average Bonchev–Trinajstić information content (AvgIpc) is 3.59. The average molecular weight is 512 g/mol. The van der Waals surface area contributed by atoms with Crippen LogP contribution in [0.25, 0.3) is 66.6 Å². The summed E-state index contributed by atoms with van der Waals surface area (Å²) in [6, 6.07) is 51.4. The summed E-state index contributed by atoms with van der Waals surface area (Å²) in [6.45, 7) is 0. The van der Waals surface area contributed by atoms with Crippen molar-refractivity contribution in [1.82, 2.24) is 14.1 Å². The number of benzene rings is 5. The van der Waals surface area contributed by atoms with Gasteiger partial charge in [0.15, 0.2) is 0 Å². The van der Waals surface area contributed by atoms with Crippen LogP contribution in [0.3, 0.4) is 0 Å². The Labute approximate surface area is 232 Å². The number of para-hydroxylation sites is 2. The van der Waals surface area contributed by atoms with E-state index in [2.05, 4.69) is 149 Å². The lowest BCUT2D eigenvalue weighted by Crippen LogP contribution is -1.98. The number of pyridine rings is 1. The number of nitrogens with zero attached hydrogens (tertiary/aromatic N) is 3. The zero-order valence-electron chi connectivity index (χ0n) is 21.8. The second kappa shape index (κ2) is 9.11. The first-order valence-electron chi connectivity index (χ1n) is 13.6. The fourth-order valence-electron chi connectivity index (χ4n) is 5.85. The minimum Gasteiger partial charge on any atom is -0.317 e. The molecule has 40 heavy (non-hydrogen) atoms. The van der Waals surface area contributed by atoms with E-state index in [9.17, 15) is 0 Å². The van der Waals surface area contributed by atoms with Crippen molar-refractivity contribution < 1.29 is 0 Å². The maximum Gasteiger partial charge on any atom is 0.0730 e. The highest BCUT2D eigenvalue weighted by molar-refractivity contribution is 6.13. The van der Waals surface area contributed by atoms with E-state index < -0.39 is 0 Å². The van der Waals surface area contributed by atoms with Crippen LogP contribution in [0.1, 0.15) is 0 Å². The van der Waals surface area contributed by atoms with Crippen molar-refractivity contribution in [2.75, 3.05) is 0 Å². The third-order valence-corrected chi connectivity index (χ3v) is 7.73. The molecule has 3 heteroatoms. The lowest BCUT2D eigenvalue weighted by Gasteiger charge is -2.13. The Morgan fingerprint density at radius 1 is 0.425 bits per heavy atom. The minimum atomic E-state index is 0.958. The Morgan fingerprint density at radius 2 is 1.02 bits per heavy atom. The quantitative estimate of drug-likeness (QED) is 0.231. The van der Waals surface area contributed by atoms with Crippen molar-refractivity contribution in [3.05, 3.63) is 152 Å². The van der Waals surface area contributed by atoms with Crippen LogP contribution in [0.4, 0.5) is 0 Å². The summed E-state index contributed by atoms with van der Waals surface area (Å²) in [5, 5.41) is 3.68. The standard InChI is InChI=1S/C37H25N3/c1-4-12-26(13-5-1)33-23-30(24-34(38-33)27-14-6-2-7-15-27)40-35-19-11-10-18-31(35)32-25-36-28(22-37(32)40)20-21-39(36)29-16-8-3-9-17-29/h1-25H. The van der Waals surface area contributed by atoms with Gasteiger partial charge in [-0.05, 0) is 48.5 Å². The molecule has 0 saturated carbocycles. The molecule has 0 aliphatic heterocycles. The fraction of sp³-hybridized carbons (Fsp3) is 0.